The molecule has 2 aromatic carbocycles. The molecule has 0 aromatic heterocycles. The number of likely N-dealkylation sites (N-methyl/N-ethyl adjacent to an activating group) is 1. The molecule has 4 N–H and O–H groups in total. The first-order chi connectivity index (χ1) is 18.5. The summed E-state index contributed by atoms with van der Waals surface area (Å²) in [6, 6.07) is 9.36. The van der Waals surface area contributed by atoms with Gasteiger partial charge in [-0.1, -0.05) is 6.92 Å². The Morgan fingerprint density at radius 1 is 1.13 bits per heavy atom. The number of benzene rings is 2. The van der Waals surface area contributed by atoms with Gasteiger partial charge in [0.05, 0.1) is 25.6 Å². The summed E-state index contributed by atoms with van der Waals surface area (Å²) >= 11 is 0. The van der Waals surface area contributed by atoms with Gasteiger partial charge < -0.3 is 35.6 Å². The van der Waals surface area contributed by atoms with Gasteiger partial charge in [0.1, 0.15) is 17.7 Å². The lowest BCUT2D eigenvalue weighted by atomic mass is 10.0. The van der Waals surface area contributed by atoms with E-state index < -0.39 is 24.0 Å². The predicted octanol–water partition coefficient (Wildman–Crippen LogP) is 3.67. The lowest BCUT2D eigenvalue weighted by Gasteiger charge is -2.34. The van der Waals surface area contributed by atoms with E-state index in [1.54, 1.807) is 37.1 Å². The highest BCUT2D eigenvalue weighted by Gasteiger charge is 2.32. The largest absolute Gasteiger partial charge is 0.488 e. The minimum Gasteiger partial charge on any atom is -0.488 e. The van der Waals surface area contributed by atoms with Crippen LogP contribution >= 0.6 is 0 Å². The van der Waals surface area contributed by atoms with Gasteiger partial charge in [0.2, 0.25) is 5.91 Å². The minimum atomic E-state index is -0.505. The molecular formula is C28H38FN5O5. The van der Waals surface area contributed by atoms with E-state index in [4.69, 9.17) is 4.74 Å². The third-order valence-corrected chi connectivity index (χ3v) is 6.49. The fourth-order valence-corrected chi connectivity index (χ4v) is 4.26. The second kappa shape index (κ2) is 13.3. The predicted molar refractivity (Wildman–Crippen MR) is 147 cm³/mol. The van der Waals surface area contributed by atoms with Crippen LogP contribution in [0.25, 0.3) is 0 Å². The minimum absolute atomic E-state index is 0.0152. The zero-order valence-electron chi connectivity index (χ0n) is 23.0. The van der Waals surface area contributed by atoms with Gasteiger partial charge in [0.25, 0.3) is 0 Å². The van der Waals surface area contributed by atoms with E-state index in [1.165, 1.54) is 29.2 Å². The number of halogens is 1. The first-order valence-electron chi connectivity index (χ1n) is 13.0. The molecule has 2 aromatic rings. The average molecular weight is 544 g/mol. The van der Waals surface area contributed by atoms with Gasteiger partial charge in [-0.2, -0.15) is 0 Å². The van der Waals surface area contributed by atoms with Gasteiger partial charge in [-0.05, 0) is 63.2 Å². The van der Waals surface area contributed by atoms with Crippen LogP contribution in [0.3, 0.4) is 0 Å². The van der Waals surface area contributed by atoms with E-state index in [2.05, 4.69) is 16.0 Å². The van der Waals surface area contributed by atoms with Crippen molar-refractivity contribution < 1.29 is 28.6 Å². The first kappa shape index (κ1) is 29.7. The lowest BCUT2D eigenvalue weighted by molar-refractivity contribution is -0.134. The number of aliphatic hydroxyl groups is 1. The number of rotatable bonds is 7. The second-order valence-corrected chi connectivity index (χ2v) is 10.3. The SMILES string of the molecule is CC(C)NC(=O)Nc1ccc2c(c1)CC(=O)N([C@@H](C)CO)C[C@H](C)[C@H](CN(C)C(=O)Nc1ccc(F)cc1)O2. The van der Waals surface area contributed by atoms with Crippen molar-refractivity contribution in [3.8, 4) is 5.75 Å². The molecule has 1 aliphatic heterocycles. The summed E-state index contributed by atoms with van der Waals surface area (Å²) in [6.45, 7) is 7.71. The number of anilines is 2. The van der Waals surface area contributed by atoms with Crippen molar-refractivity contribution in [3.63, 3.8) is 0 Å². The summed E-state index contributed by atoms with van der Waals surface area (Å²) in [6.07, 6.45) is -0.489. The van der Waals surface area contributed by atoms with Crippen molar-refractivity contribution in [2.45, 2.75) is 52.3 Å². The molecule has 0 unspecified atom stereocenters. The van der Waals surface area contributed by atoms with Crippen LogP contribution in [0.15, 0.2) is 42.5 Å². The number of carbonyl (C=O) groups is 3. The Hall–Kier alpha value is -3.86. The van der Waals surface area contributed by atoms with E-state index in [0.29, 0.717) is 29.2 Å². The van der Waals surface area contributed by atoms with Crippen molar-refractivity contribution in [1.29, 1.82) is 0 Å². The summed E-state index contributed by atoms with van der Waals surface area (Å²) in [5.41, 5.74) is 1.54. The summed E-state index contributed by atoms with van der Waals surface area (Å²) in [5.74, 6) is -0.312. The Morgan fingerprint density at radius 2 is 1.79 bits per heavy atom. The van der Waals surface area contributed by atoms with E-state index >= 15 is 0 Å². The molecule has 3 rings (SSSR count). The Kier molecular flexibility index (Phi) is 10.1. The third kappa shape index (κ3) is 8.31. The average Bonchev–Trinajstić information content (AvgIpc) is 2.92. The fourth-order valence-electron chi connectivity index (χ4n) is 4.26. The number of fused-ring (bicyclic) bond motifs is 1. The Balaban J connectivity index is 1.86. The van der Waals surface area contributed by atoms with Gasteiger partial charge in [0, 0.05) is 42.5 Å². The normalized spacial score (nSPS) is 18.2. The number of ether oxygens (including phenoxy) is 1. The van der Waals surface area contributed by atoms with E-state index in [0.717, 1.165) is 0 Å². The molecule has 0 fully saturated rings. The van der Waals surface area contributed by atoms with Gasteiger partial charge in [-0.15, -0.1) is 0 Å². The molecule has 39 heavy (non-hydrogen) atoms. The molecule has 212 valence electrons. The molecule has 11 heteroatoms. The van der Waals surface area contributed by atoms with Crippen LogP contribution in [-0.4, -0.2) is 77.8 Å². The lowest BCUT2D eigenvalue weighted by Crippen LogP contribution is -2.48. The number of hydrogen-bond acceptors (Lipinski definition) is 5. The maximum absolute atomic E-state index is 13.3. The van der Waals surface area contributed by atoms with Crippen LogP contribution in [-0.2, 0) is 11.2 Å². The highest BCUT2D eigenvalue weighted by atomic mass is 19.1. The zero-order chi connectivity index (χ0) is 28.7. The van der Waals surface area contributed by atoms with Crippen LogP contribution in [0.2, 0.25) is 0 Å². The maximum Gasteiger partial charge on any atom is 0.321 e. The Labute approximate surface area is 228 Å². The standard InChI is InChI=1S/C28H38FN5O5/c1-17(2)30-27(37)31-23-10-11-24-20(12-23)13-26(36)34(19(4)16-35)14-18(3)25(39-24)15-33(5)28(38)32-22-8-6-21(29)7-9-22/h6-12,17-19,25,35H,13-16H2,1-5H3,(H,32,38)(H2,30,31,37)/t18-,19-,25-/m0/s1. The Bertz CT molecular complexity index is 1160. The molecule has 1 heterocycles. The van der Waals surface area contributed by atoms with Crippen molar-refractivity contribution in [1.82, 2.24) is 15.1 Å². The summed E-state index contributed by atoms with van der Waals surface area (Å²) < 4.78 is 19.6. The van der Waals surface area contributed by atoms with Crippen molar-refractivity contribution >= 4 is 29.3 Å². The monoisotopic (exact) mass is 543 g/mol. The molecule has 5 amide bonds. The number of carbonyl (C=O) groups excluding carboxylic acids is 3. The molecule has 0 saturated heterocycles. The third-order valence-electron chi connectivity index (χ3n) is 6.49. The molecule has 10 nitrogen and oxygen atoms in total. The van der Waals surface area contributed by atoms with Gasteiger partial charge in [0.15, 0.2) is 0 Å². The van der Waals surface area contributed by atoms with Crippen LogP contribution < -0.4 is 20.7 Å². The first-order valence-corrected chi connectivity index (χ1v) is 13.0. The van der Waals surface area contributed by atoms with Gasteiger partial charge >= 0.3 is 12.1 Å². The quantitative estimate of drug-likeness (QED) is 0.424. The molecule has 0 radical (unpaired) electrons. The van der Waals surface area contributed by atoms with Crippen molar-refractivity contribution in [2.24, 2.45) is 5.92 Å². The van der Waals surface area contributed by atoms with Crippen molar-refractivity contribution in [2.75, 3.05) is 37.4 Å². The summed E-state index contributed by atoms with van der Waals surface area (Å²) in [4.78, 5) is 41.5. The van der Waals surface area contributed by atoms with Gasteiger partial charge in [-0.3, -0.25) is 4.79 Å². The highest BCUT2D eigenvalue weighted by molar-refractivity contribution is 5.90. The number of aliphatic hydroxyl groups excluding tert-OH is 1. The van der Waals surface area contributed by atoms with Crippen LogP contribution in [0.4, 0.5) is 25.4 Å². The summed E-state index contributed by atoms with van der Waals surface area (Å²) in [7, 11) is 1.63. The number of amides is 5. The number of urea groups is 2. The molecule has 1 aliphatic rings. The molecule has 0 bridgehead atoms. The highest BCUT2D eigenvalue weighted by Crippen LogP contribution is 2.29. The number of nitrogens with one attached hydrogen (secondary N) is 3. The smallest absolute Gasteiger partial charge is 0.321 e. The topological polar surface area (TPSA) is 123 Å². The van der Waals surface area contributed by atoms with Crippen molar-refractivity contribution in [3.05, 3.63) is 53.8 Å². The van der Waals surface area contributed by atoms with E-state index in [9.17, 15) is 23.9 Å². The zero-order valence-corrected chi connectivity index (χ0v) is 23.0. The molecule has 0 aliphatic carbocycles. The van der Waals surface area contributed by atoms with E-state index in [1.807, 2.05) is 20.8 Å². The maximum atomic E-state index is 13.3. The van der Waals surface area contributed by atoms with Crippen LogP contribution in [0, 0.1) is 11.7 Å². The Morgan fingerprint density at radius 3 is 2.44 bits per heavy atom. The van der Waals surface area contributed by atoms with Gasteiger partial charge in [-0.25, -0.2) is 14.0 Å². The molecule has 0 spiro atoms. The summed E-state index contributed by atoms with van der Waals surface area (Å²) in [5, 5.41) is 18.1. The molecule has 3 atom stereocenters. The number of hydrogen-bond donors (Lipinski definition) is 4. The fraction of sp³-hybridized carbons (Fsp3) is 0.464. The number of nitrogens with zero attached hydrogens (tertiary/aromatic N) is 2. The van der Waals surface area contributed by atoms with Crippen LogP contribution in [0.5, 0.6) is 5.75 Å². The van der Waals surface area contributed by atoms with E-state index in [-0.39, 0.29) is 43.5 Å². The molecular weight excluding hydrogens is 505 g/mol. The molecule has 0 saturated carbocycles. The van der Waals surface area contributed by atoms with Crippen LogP contribution in [0.1, 0.15) is 33.3 Å². The second-order valence-electron chi connectivity index (χ2n) is 10.3.